The van der Waals surface area contributed by atoms with Crippen molar-refractivity contribution in [2.45, 2.75) is 6.36 Å². The molecule has 8 heteroatoms. The van der Waals surface area contributed by atoms with Gasteiger partial charge in [-0.2, -0.15) is 0 Å². The largest absolute Gasteiger partial charge is 0.573 e. The number of nitrogens with one attached hydrogen (secondary N) is 1. The van der Waals surface area contributed by atoms with Gasteiger partial charge in [-0.05, 0) is 36.4 Å². The van der Waals surface area contributed by atoms with Crippen molar-refractivity contribution in [1.29, 1.82) is 0 Å². The molecule has 1 aromatic carbocycles. The number of thiocarbonyl (C=S) groups is 1. The number of hydrogen-bond acceptors (Lipinski definition) is 4. The summed E-state index contributed by atoms with van der Waals surface area (Å²) in [7, 11) is 0. The molecule has 0 amide bonds. The molecule has 2 rings (SSSR count). The predicted octanol–water partition coefficient (Wildman–Crippen LogP) is 3.36. The summed E-state index contributed by atoms with van der Waals surface area (Å²) in [4.78, 5) is 4.14. The Balaban J connectivity index is 2.10. The number of ether oxygens (including phenoxy) is 1. The number of halogens is 3. The molecule has 0 aliphatic rings. The van der Waals surface area contributed by atoms with Gasteiger partial charge in [0, 0.05) is 17.6 Å². The van der Waals surface area contributed by atoms with Crippen LogP contribution in [0.2, 0.25) is 0 Å². The van der Waals surface area contributed by atoms with E-state index in [9.17, 15) is 13.2 Å². The number of benzene rings is 1. The van der Waals surface area contributed by atoms with Crippen molar-refractivity contribution in [3.8, 4) is 5.75 Å². The summed E-state index contributed by atoms with van der Waals surface area (Å²) in [6.07, 6.45) is -3.18. The first-order valence-electron chi connectivity index (χ1n) is 5.72. The van der Waals surface area contributed by atoms with Gasteiger partial charge in [-0.15, -0.1) is 13.2 Å². The highest BCUT2D eigenvalue weighted by atomic mass is 32.1. The van der Waals surface area contributed by atoms with E-state index in [1.807, 2.05) is 0 Å². The minimum absolute atomic E-state index is 0.160. The van der Waals surface area contributed by atoms with Crippen LogP contribution in [0.3, 0.4) is 0 Å². The molecule has 1 heterocycles. The molecule has 0 unspecified atom stereocenters. The lowest BCUT2D eigenvalue weighted by Crippen LogP contribution is -2.16. The number of anilines is 2. The second-order valence-electron chi connectivity index (χ2n) is 3.99. The van der Waals surface area contributed by atoms with Crippen LogP contribution in [0.1, 0.15) is 5.69 Å². The molecule has 0 saturated heterocycles. The molecule has 0 radical (unpaired) electrons. The lowest BCUT2D eigenvalue weighted by molar-refractivity contribution is -0.274. The lowest BCUT2D eigenvalue weighted by Gasteiger charge is -2.10. The molecule has 4 nitrogen and oxygen atoms in total. The lowest BCUT2D eigenvalue weighted by atomic mass is 10.2. The zero-order chi connectivity index (χ0) is 15.5. The smallest absolute Gasteiger partial charge is 0.406 e. The van der Waals surface area contributed by atoms with Crippen molar-refractivity contribution in [2.75, 3.05) is 5.32 Å². The Hall–Kier alpha value is -2.35. The number of nitrogens with two attached hydrogens (primary N) is 1. The maximum Gasteiger partial charge on any atom is 0.573 e. The van der Waals surface area contributed by atoms with Crippen molar-refractivity contribution in [3.63, 3.8) is 0 Å². The minimum atomic E-state index is -4.70. The first-order valence-corrected chi connectivity index (χ1v) is 6.13. The molecule has 2 aromatic rings. The Morgan fingerprint density at radius 2 is 1.81 bits per heavy atom. The van der Waals surface area contributed by atoms with Crippen LogP contribution < -0.4 is 15.8 Å². The topological polar surface area (TPSA) is 60.2 Å². The second kappa shape index (κ2) is 5.96. The van der Waals surface area contributed by atoms with Gasteiger partial charge in [0.2, 0.25) is 0 Å². The molecule has 0 aliphatic carbocycles. The number of aromatic nitrogens is 1. The predicted molar refractivity (Wildman–Crippen MR) is 76.5 cm³/mol. The van der Waals surface area contributed by atoms with Crippen molar-refractivity contribution in [1.82, 2.24) is 4.98 Å². The summed E-state index contributed by atoms with van der Waals surface area (Å²) in [6, 6.07) is 8.67. The van der Waals surface area contributed by atoms with Crippen molar-refractivity contribution >= 4 is 28.6 Å². The number of alkyl halides is 3. The fourth-order valence-corrected chi connectivity index (χ4v) is 1.66. The quantitative estimate of drug-likeness (QED) is 0.848. The third-order valence-electron chi connectivity index (χ3n) is 2.39. The average Bonchev–Trinajstić information content (AvgIpc) is 2.40. The minimum Gasteiger partial charge on any atom is -0.406 e. The molecule has 0 aliphatic heterocycles. The summed E-state index contributed by atoms with van der Waals surface area (Å²) in [6.45, 7) is 0. The molecule has 0 fully saturated rings. The van der Waals surface area contributed by atoms with E-state index in [1.165, 1.54) is 30.5 Å². The third-order valence-corrected chi connectivity index (χ3v) is 2.60. The van der Waals surface area contributed by atoms with Gasteiger partial charge in [-0.1, -0.05) is 12.2 Å². The molecule has 3 N–H and O–H groups in total. The van der Waals surface area contributed by atoms with Gasteiger partial charge in [-0.3, -0.25) is 4.98 Å². The van der Waals surface area contributed by atoms with E-state index in [2.05, 4.69) is 15.0 Å². The Morgan fingerprint density at radius 1 is 1.14 bits per heavy atom. The highest BCUT2D eigenvalue weighted by molar-refractivity contribution is 7.80. The van der Waals surface area contributed by atoms with Crippen LogP contribution in [0.4, 0.5) is 24.5 Å². The standard InChI is InChI=1S/C13H10F3N3OS/c14-13(15,16)20-10-3-1-8(2-4-10)19-9-5-6-18-11(7-9)12(17)21/h1-7H,(H2,17,21)(H,18,19). The van der Waals surface area contributed by atoms with Gasteiger partial charge in [0.15, 0.2) is 0 Å². The zero-order valence-electron chi connectivity index (χ0n) is 10.5. The van der Waals surface area contributed by atoms with Crippen LogP contribution >= 0.6 is 12.2 Å². The van der Waals surface area contributed by atoms with Crippen LogP contribution in [-0.4, -0.2) is 16.3 Å². The van der Waals surface area contributed by atoms with Gasteiger partial charge >= 0.3 is 6.36 Å². The molecule has 1 aromatic heterocycles. The number of hydrogen-bond donors (Lipinski definition) is 2. The Kier molecular flexibility index (Phi) is 4.27. The number of rotatable bonds is 4. The molecule has 0 bridgehead atoms. The first-order chi connectivity index (χ1) is 9.83. The van der Waals surface area contributed by atoms with E-state index in [-0.39, 0.29) is 10.7 Å². The fraction of sp³-hybridized carbons (Fsp3) is 0.0769. The summed E-state index contributed by atoms with van der Waals surface area (Å²) in [5.41, 5.74) is 7.18. The third kappa shape index (κ3) is 4.60. The van der Waals surface area contributed by atoms with Crippen molar-refractivity contribution < 1.29 is 17.9 Å². The van der Waals surface area contributed by atoms with E-state index in [1.54, 1.807) is 12.1 Å². The molecule has 0 atom stereocenters. The Bertz CT molecular complexity index is 644. The molecular weight excluding hydrogens is 303 g/mol. The highest BCUT2D eigenvalue weighted by Gasteiger charge is 2.30. The summed E-state index contributed by atoms with van der Waals surface area (Å²) in [5, 5.41) is 3.00. The van der Waals surface area contributed by atoms with Crippen molar-refractivity contribution in [3.05, 3.63) is 48.3 Å². The van der Waals surface area contributed by atoms with E-state index in [4.69, 9.17) is 18.0 Å². The Labute approximate surface area is 123 Å². The SMILES string of the molecule is NC(=S)c1cc(Nc2ccc(OC(F)(F)F)cc2)ccn1. The van der Waals surface area contributed by atoms with E-state index < -0.39 is 6.36 Å². The summed E-state index contributed by atoms with van der Waals surface area (Å²) < 4.78 is 39.9. The molecule has 21 heavy (non-hydrogen) atoms. The molecule has 0 saturated carbocycles. The van der Waals surface area contributed by atoms with Gasteiger partial charge in [0.25, 0.3) is 0 Å². The van der Waals surface area contributed by atoms with Crippen molar-refractivity contribution in [2.24, 2.45) is 5.73 Å². The van der Waals surface area contributed by atoms with Crippen LogP contribution in [0.15, 0.2) is 42.6 Å². The fourth-order valence-electron chi connectivity index (χ4n) is 1.55. The molecule has 110 valence electrons. The van der Waals surface area contributed by atoms with Gasteiger partial charge < -0.3 is 15.8 Å². The normalized spacial score (nSPS) is 11.0. The van der Waals surface area contributed by atoms with Crippen LogP contribution in [0.25, 0.3) is 0 Å². The Morgan fingerprint density at radius 3 is 2.38 bits per heavy atom. The molecular formula is C13H10F3N3OS. The van der Waals surface area contributed by atoms with E-state index >= 15 is 0 Å². The zero-order valence-corrected chi connectivity index (χ0v) is 11.3. The van der Waals surface area contributed by atoms with E-state index in [0.29, 0.717) is 17.1 Å². The second-order valence-corrected chi connectivity index (χ2v) is 4.43. The maximum atomic E-state index is 12.0. The monoisotopic (exact) mass is 313 g/mol. The van der Waals surface area contributed by atoms with E-state index in [0.717, 1.165) is 0 Å². The number of nitrogens with zero attached hydrogens (tertiary/aromatic N) is 1. The van der Waals surface area contributed by atoms with Crippen LogP contribution in [-0.2, 0) is 0 Å². The maximum absolute atomic E-state index is 12.0. The van der Waals surface area contributed by atoms with Crippen LogP contribution in [0, 0.1) is 0 Å². The van der Waals surface area contributed by atoms with Gasteiger partial charge in [-0.25, -0.2) is 0 Å². The summed E-state index contributed by atoms with van der Waals surface area (Å²) >= 11 is 4.82. The summed E-state index contributed by atoms with van der Waals surface area (Å²) in [5.74, 6) is -0.286. The molecule has 0 spiro atoms. The highest BCUT2D eigenvalue weighted by Crippen LogP contribution is 2.25. The average molecular weight is 313 g/mol. The van der Waals surface area contributed by atoms with Gasteiger partial charge in [0.05, 0.1) is 5.69 Å². The number of pyridine rings is 1. The van der Waals surface area contributed by atoms with Crippen LogP contribution in [0.5, 0.6) is 5.75 Å². The van der Waals surface area contributed by atoms with Gasteiger partial charge in [0.1, 0.15) is 10.7 Å². The first kappa shape index (κ1) is 15.0.